The van der Waals surface area contributed by atoms with Crippen LogP contribution in [-0.4, -0.2) is 16.7 Å². The van der Waals surface area contributed by atoms with Crippen molar-refractivity contribution in [3.63, 3.8) is 0 Å². The molecule has 3 heteroatoms. The van der Waals surface area contributed by atoms with Gasteiger partial charge in [0.2, 0.25) is 0 Å². The molecule has 1 N–H and O–H groups in total. The van der Waals surface area contributed by atoms with Crippen LogP contribution < -0.4 is 0 Å². The molecule has 0 amide bonds. The molecule has 106 valence electrons. The summed E-state index contributed by atoms with van der Waals surface area (Å²) < 4.78 is 5.25. The van der Waals surface area contributed by atoms with Crippen molar-refractivity contribution in [2.75, 3.05) is 0 Å². The molecule has 3 rings (SSSR count). The molecule has 0 saturated heterocycles. The zero-order chi connectivity index (χ0) is 14.7. The first-order chi connectivity index (χ1) is 10.2. The summed E-state index contributed by atoms with van der Waals surface area (Å²) in [6, 6.07) is 17.1. The van der Waals surface area contributed by atoms with Crippen LogP contribution in [0.5, 0.6) is 0 Å². The minimum atomic E-state index is -1.58. The fourth-order valence-corrected chi connectivity index (χ4v) is 2.42. The molecule has 0 spiro atoms. The number of benzene rings is 2. The zero-order valence-electron chi connectivity index (χ0n) is 11.5. The summed E-state index contributed by atoms with van der Waals surface area (Å²) in [5.74, 6) is -0.614. The summed E-state index contributed by atoms with van der Waals surface area (Å²) in [5, 5.41) is 10.5. The number of ether oxygens (including phenoxy) is 1. The van der Waals surface area contributed by atoms with Crippen LogP contribution in [0.3, 0.4) is 0 Å². The largest absolute Gasteiger partial charge is 0.458 e. The van der Waals surface area contributed by atoms with E-state index < -0.39 is 11.6 Å². The molecule has 1 atom stereocenters. The summed E-state index contributed by atoms with van der Waals surface area (Å²) in [5.41, 5.74) is 1.29. The second-order valence-corrected chi connectivity index (χ2v) is 5.19. The average molecular weight is 280 g/mol. The van der Waals surface area contributed by atoms with Crippen LogP contribution in [0.2, 0.25) is 0 Å². The van der Waals surface area contributed by atoms with E-state index in [0.717, 1.165) is 16.7 Å². The van der Waals surface area contributed by atoms with Gasteiger partial charge in [-0.15, -0.1) is 0 Å². The zero-order valence-corrected chi connectivity index (χ0v) is 11.5. The number of hydrogen-bond donors (Lipinski definition) is 1. The third kappa shape index (κ3) is 2.88. The molecule has 0 radical (unpaired) electrons. The molecular formula is C18H16O3. The summed E-state index contributed by atoms with van der Waals surface area (Å²) in [6.07, 6.45) is 3.53. The highest BCUT2D eigenvalue weighted by Crippen LogP contribution is 2.27. The predicted octanol–water partition coefficient (Wildman–Crippen LogP) is 2.73. The van der Waals surface area contributed by atoms with Crippen molar-refractivity contribution in [1.82, 2.24) is 0 Å². The molecule has 0 heterocycles. The lowest BCUT2D eigenvalue weighted by Gasteiger charge is -2.26. The second-order valence-electron chi connectivity index (χ2n) is 5.19. The van der Waals surface area contributed by atoms with Crippen molar-refractivity contribution >= 4 is 12.0 Å². The molecule has 2 aromatic rings. The maximum atomic E-state index is 12.2. The molecule has 0 aliphatic heterocycles. The van der Waals surface area contributed by atoms with Gasteiger partial charge in [-0.05, 0) is 22.8 Å². The van der Waals surface area contributed by atoms with E-state index in [-0.39, 0.29) is 13.0 Å². The topological polar surface area (TPSA) is 46.5 Å². The van der Waals surface area contributed by atoms with Gasteiger partial charge in [0.15, 0.2) is 5.60 Å². The number of esters is 1. The number of aliphatic hydroxyl groups is 1. The Kier molecular flexibility index (Phi) is 3.59. The Morgan fingerprint density at radius 2 is 1.81 bits per heavy atom. The van der Waals surface area contributed by atoms with Crippen molar-refractivity contribution in [3.05, 3.63) is 77.4 Å². The summed E-state index contributed by atoms with van der Waals surface area (Å²) in [6.45, 7) is 0.164. The Balaban J connectivity index is 1.71. The van der Waals surface area contributed by atoms with Gasteiger partial charge in [-0.1, -0.05) is 60.7 Å². The van der Waals surface area contributed by atoms with Crippen molar-refractivity contribution in [2.45, 2.75) is 18.6 Å². The molecule has 1 aliphatic rings. The molecule has 21 heavy (non-hydrogen) atoms. The molecule has 0 bridgehead atoms. The van der Waals surface area contributed by atoms with Gasteiger partial charge in [-0.25, -0.2) is 4.79 Å². The first-order valence-corrected chi connectivity index (χ1v) is 6.88. The molecule has 0 saturated carbocycles. The SMILES string of the molecule is O=C(OCc1ccccc1)C1(O)C=Cc2ccccc2C1. The average Bonchev–Trinajstić information content (AvgIpc) is 2.53. The van der Waals surface area contributed by atoms with Gasteiger partial charge in [0.05, 0.1) is 0 Å². The van der Waals surface area contributed by atoms with Crippen molar-refractivity contribution in [2.24, 2.45) is 0 Å². The first-order valence-electron chi connectivity index (χ1n) is 6.88. The minimum absolute atomic E-state index is 0.164. The monoisotopic (exact) mass is 280 g/mol. The Bertz CT molecular complexity index is 676. The van der Waals surface area contributed by atoms with Crippen molar-refractivity contribution in [1.29, 1.82) is 0 Å². The second kappa shape index (κ2) is 5.54. The van der Waals surface area contributed by atoms with E-state index in [1.54, 1.807) is 6.08 Å². The highest BCUT2D eigenvalue weighted by molar-refractivity contribution is 5.85. The quantitative estimate of drug-likeness (QED) is 0.879. The van der Waals surface area contributed by atoms with Crippen LogP contribution in [0.4, 0.5) is 0 Å². The van der Waals surface area contributed by atoms with E-state index in [2.05, 4.69) is 0 Å². The molecule has 1 aliphatic carbocycles. The Labute approximate surface area is 123 Å². The van der Waals surface area contributed by atoms with E-state index in [1.807, 2.05) is 54.6 Å². The fraction of sp³-hybridized carbons (Fsp3) is 0.167. The summed E-state index contributed by atoms with van der Waals surface area (Å²) >= 11 is 0. The van der Waals surface area contributed by atoms with Gasteiger partial charge >= 0.3 is 5.97 Å². The maximum absolute atomic E-state index is 12.2. The van der Waals surface area contributed by atoms with Crippen LogP contribution in [0.15, 0.2) is 60.7 Å². The van der Waals surface area contributed by atoms with Crippen molar-refractivity contribution < 1.29 is 14.6 Å². The number of rotatable bonds is 3. The minimum Gasteiger partial charge on any atom is -0.458 e. The van der Waals surface area contributed by atoms with E-state index in [4.69, 9.17) is 4.74 Å². The predicted molar refractivity (Wildman–Crippen MR) is 80.4 cm³/mol. The Morgan fingerprint density at radius 1 is 1.10 bits per heavy atom. The summed E-state index contributed by atoms with van der Waals surface area (Å²) in [7, 11) is 0. The van der Waals surface area contributed by atoms with Crippen LogP contribution in [-0.2, 0) is 22.6 Å². The maximum Gasteiger partial charge on any atom is 0.342 e. The molecular weight excluding hydrogens is 264 g/mol. The van der Waals surface area contributed by atoms with Crippen LogP contribution in [0.25, 0.3) is 6.08 Å². The van der Waals surface area contributed by atoms with Gasteiger partial charge in [0.1, 0.15) is 6.61 Å². The van der Waals surface area contributed by atoms with E-state index in [0.29, 0.717) is 0 Å². The lowest BCUT2D eigenvalue weighted by atomic mass is 9.86. The Hall–Kier alpha value is -2.39. The van der Waals surface area contributed by atoms with Crippen LogP contribution >= 0.6 is 0 Å². The smallest absolute Gasteiger partial charge is 0.342 e. The van der Waals surface area contributed by atoms with Gasteiger partial charge in [0.25, 0.3) is 0 Å². The lowest BCUT2D eigenvalue weighted by Crippen LogP contribution is -2.41. The molecule has 0 aromatic heterocycles. The standard InChI is InChI=1S/C18H16O3/c19-17(21-13-14-6-2-1-3-7-14)18(20)11-10-15-8-4-5-9-16(15)12-18/h1-11,20H,12-13H2. The third-order valence-corrected chi connectivity index (χ3v) is 3.62. The number of carbonyl (C=O) groups is 1. The van der Waals surface area contributed by atoms with Crippen LogP contribution in [0.1, 0.15) is 16.7 Å². The molecule has 0 fully saturated rings. The van der Waals surface area contributed by atoms with E-state index in [9.17, 15) is 9.90 Å². The number of hydrogen-bond acceptors (Lipinski definition) is 3. The third-order valence-electron chi connectivity index (χ3n) is 3.62. The molecule has 2 aromatic carbocycles. The Morgan fingerprint density at radius 3 is 2.62 bits per heavy atom. The van der Waals surface area contributed by atoms with E-state index >= 15 is 0 Å². The number of carbonyl (C=O) groups excluding carboxylic acids is 1. The van der Waals surface area contributed by atoms with Crippen molar-refractivity contribution in [3.8, 4) is 0 Å². The highest BCUT2D eigenvalue weighted by atomic mass is 16.5. The lowest BCUT2D eigenvalue weighted by molar-refractivity contribution is -0.161. The summed E-state index contributed by atoms with van der Waals surface area (Å²) in [4.78, 5) is 12.2. The highest BCUT2D eigenvalue weighted by Gasteiger charge is 2.37. The normalized spacial score (nSPS) is 19.9. The molecule has 1 unspecified atom stereocenters. The van der Waals surface area contributed by atoms with Gasteiger partial charge in [0, 0.05) is 6.42 Å². The van der Waals surface area contributed by atoms with Gasteiger partial charge < -0.3 is 9.84 Å². The van der Waals surface area contributed by atoms with E-state index in [1.165, 1.54) is 6.08 Å². The molecule has 3 nitrogen and oxygen atoms in total. The van der Waals surface area contributed by atoms with Gasteiger partial charge in [-0.3, -0.25) is 0 Å². The first kappa shape index (κ1) is 13.6. The number of fused-ring (bicyclic) bond motifs is 1. The van der Waals surface area contributed by atoms with Gasteiger partial charge in [-0.2, -0.15) is 0 Å². The van der Waals surface area contributed by atoms with Crippen LogP contribution in [0, 0.1) is 0 Å². The fourth-order valence-electron chi connectivity index (χ4n) is 2.42.